The van der Waals surface area contributed by atoms with Crippen LogP contribution in [-0.4, -0.2) is 38.7 Å². The molecular formula is C15H21N5O2. The third-order valence-corrected chi connectivity index (χ3v) is 3.94. The quantitative estimate of drug-likeness (QED) is 0.905. The monoisotopic (exact) mass is 303 g/mol. The van der Waals surface area contributed by atoms with Crippen LogP contribution in [0, 0.1) is 0 Å². The molecule has 7 nitrogen and oxygen atoms in total. The van der Waals surface area contributed by atoms with Crippen molar-refractivity contribution in [2.24, 2.45) is 7.05 Å². The number of aryl methyl sites for hydroxylation is 1. The van der Waals surface area contributed by atoms with Crippen molar-refractivity contribution in [2.75, 3.05) is 13.1 Å². The van der Waals surface area contributed by atoms with Gasteiger partial charge in [0.05, 0.1) is 12.6 Å². The van der Waals surface area contributed by atoms with E-state index in [4.69, 9.17) is 4.42 Å². The summed E-state index contributed by atoms with van der Waals surface area (Å²) in [6.07, 6.45) is 3.95. The van der Waals surface area contributed by atoms with E-state index in [1.54, 1.807) is 17.8 Å². The number of hydrogen-bond donors (Lipinski definition) is 1. The molecule has 2 aromatic rings. The van der Waals surface area contributed by atoms with Gasteiger partial charge in [-0.3, -0.25) is 14.4 Å². The summed E-state index contributed by atoms with van der Waals surface area (Å²) < 4.78 is 7.30. The molecule has 3 heterocycles. The maximum atomic E-state index is 12.2. The molecule has 0 bridgehead atoms. The van der Waals surface area contributed by atoms with Crippen LogP contribution in [0.1, 0.15) is 47.9 Å². The lowest BCUT2D eigenvalue weighted by atomic mass is 10.3. The Hall–Kier alpha value is -2.15. The molecule has 1 amide bonds. The van der Waals surface area contributed by atoms with Crippen molar-refractivity contribution in [2.45, 2.75) is 32.4 Å². The van der Waals surface area contributed by atoms with E-state index in [0.717, 1.165) is 25.4 Å². The summed E-state index contributed by atoms with van der Waals surface area (Å²) in [5, 5.41) is 6.88. The SMILES string of the molecule is C[C@H](NC(=O)c1ccc(CN2CCCC2)o1)c1ncnn1C. The van der Waals surface area contributed by atoms with Gasteiger partial charge in [0.2, 0.25) is 0 Å². The minimum atomic E-state index is -0.233. The van der Waals surface area contributed by atoms with E-state index in [1.807, 2.05) is 13.0 Å². The van der Waals surface area contributed by atoms with Crippen molar-refractivity contribution in [1.29, 1.82) is 0 Å². The average molecular weight is 303 g/mol. The van der Waals surface area contributed by atoms with Gasteiger partial charge in [-0.1, -0.05) is 0 Å². The van der Waals surface area contributed by atoms with Gasteiger partial charge in [-0.2, -0.15) is 5.10 Å². The molecule has 2 aromatic heterocycles. The lowest BCUT2D eigenvalue weighted by Gasteiger charge is -2.12. The van der Waals surface area contributed by atoms with E-state index in [0.29, 0.717) is 11.6 Å². The molecule has 1 fully saturated rings. The second kappa shape index (κ2) is 6.31. The van der Waals surface area contributed by atoms with E-state index in [9.17, 15) is 4.79 Å². The van der Waals surface area contributed by atoms with Crippen molar-refractivity contribution in [3.63, 3.8) is 0 Å². The number of amides is 1. The minimum Gasteiger partial charge on any atom is -0.455 e. The first kappa shape index (κ1) is 14.8. The molecule has 0 aliphatic carbocycles. The number of nitrogens with zero attached hydrogens (tertiary/aromatic N) is 4. The van der Waals surface area contributed by atoms with Crippen molar-refractivity contribution in [3.05, 3.63) is 35.8 Å². The lowest BCUT2D eigenvalue weighted by molar-refractivity contribution is 0.0906. The highest BCUT2D eigenvalue weighted by atomic mass is 16.4. The number of nitrogens with one attached hydrogen (secondary N) is 1. The zero-order valence-corrected chi connectivity index (χ0v) is 13.0. The Kier molecular flexibility index (Phi) is 4.24. The molecule has 0 spiro atoms. The average Bonchev–Trinajstić information content (AvgIpc) is 3.20. The topological polar surface area (TPSA) is 76.2 Å². The van der Waals surface area contributed by atoms with Crippen LogP contribution in [0.2, 0.25) is 0 Å². The molecule has 0 unspecified atom stereocenters. The van der Waals surface area contributed by atoms with Crippen LogP contribution < -0.4 is 5.32 Å². The summed E-state index contributed by atoms with van der Waals surface area (Å²) in [4.78, 5) is 18.7. The van der Waals surface area contributed by atoms with Gasteiger partial charge in [0.15, 0.2) is 5.76 Å². The molecular weight excluding hydrogens is 282 g/mol. The van der Waals surface area contributed by atoms with Gasteiger partial charge in [0, 0.05) is 7.05 Å². The van der Waals surface area contributed by atoms with Crippen molar-refractivity contribution in [1.82, 2.24) is 25.0 Å². The highest BCUT2D eigenvalue weighted by molar-refractivity contribution is 5.91. The summed E-state index contributed by atoms with van der Waals surface area (Å²) in [5.41, 5.74) is 0. The molecule has 1 saturated heterocycles. The van der Waals surface area contributed by atoms with E-state index in [2.05, 4.69) is 20.3 Å². The van der Waals surface area contributed by atoms with Crippen LogP contribution in [0.3, 0.4) is 0 Å². The Balaban J connectivity index is 1.60. The summed E-state index contributed by atoms with van der Waals surface area (Å²) in [5.74, 6) is 1.64. The van der Waals surface area contributed by atoms with Crippen LogP contribution in [0.5, 0.6) is 0 Å². The van der Waals surface area contributed by atoms with E-state index in [-0.39, 0.29) is 11.9 Å². The van der Waals surface area contributed by atoms with Crippen LogP contribution >= 0.6 is 0 Å². The van der Waals surface area contributed by atoms with E-state index in [1.165, 1.54) is 19.2 Å². The summed E-state index contributed by atoms with van der Waals surface area (Å²) in [6.45, 7) is 4.85. The Labute approximate surface area is 129 Å². The predicted molar refractivity (Wildman–Crippen MR) is 80.1 cm³/mol. The molecule has 118 valence electrons. The predicted octanol–water partition coefficient (Wildman–Crippen LogP) is 1.49. The lowest BCUT2D eigenvalue weighted by Crippen LogP contribution is -2.28. The molecule has 22 heavy (non-hydrogen) atoms. The number of hydrogen-bond acceptors (Lipinski definition) is 5. The van der Waals surface area contributed by atoms with E-state index >= 15 is 0 Å². The number of rotatable bonds is 5. The summed E-state index contributed by atoms with van der Waals surface area (Å²) in [7, 11) is 1.80. The molecule has 1 aliphatic heterocycles. The van der Waals surface area contributed by atoms with Gasteiger partial charge in [-0.05, 0) is 45.0 Å². The molecule has 7 heteroatoms. The molecule has 3 rings (SSSR count). The van der Waals surface area contributed by atoms with Crippen LogP contribution in [0.4, 0.5) is 0 Å². The van der Waals surface area contributed by atoms with Crippen molar-refractivity contribution >= 4 is 5.91 Å². The zero-order chi connectivity index (χ0) is 15.5. The minimum absolute atomic E-state index is 0.230. The Morgan fingerprint density at radius 1 is 1.41 bits per heavy atom. The largest absolute Gasteiger partial charge is 0.455 e. The molecule has 0 aromatic carbocycles. The summed E-state index contributed by atoms with van der Waals surface area (Å²) >= 11 is 0. The summed E-state index contributed by atoms with van der Waals surface area (Å²) in [6, 6.07) is 3.37. The number of likely N-dealkylation sites (tertiary alicyclic amines) is 1. The smallest absolute Gasteiger partial charge is 0.287 e. The van der Waals surface area contributed by atoms with Gasteiger partial charge in [0.25, 0.3) is 5.91 Å². The third kappa shape index (κ3) is 3.19. The standard InChI is InChI=1S/C15H21N5O2/c1-11(14-16-10-17-19(14)2)18-15(21)13-6-5-12(22-13)9-20-7-3-4-8-20/h5-6,10-11H,3-4,7-9H2,1-2H3,(H,18,21)/t11-/m0/s1. The fraction of sp³-hybridized carbons (Fsp3) is 0.533. The first-order chi connectivity index (χ1) is 10.6. The fourth-order valence-electron chi connectivity index (χ4n) is 2.78. The highest BCUT2D eigenvalue weighted by Crippen LogP contribution is 2.16. The Morgan fingerprint density at radius 2 is 2.18 bits per heavy atom. The normalized spacial score (nSPS) is 16.8. The number of furan rings is 1. The Bertz CT molecular complexity index is 642. The van der Waals surface area contributed by atoms with Gasteiger partial charge in [-0.15, -0.1) is 0 Å². The molecule has 0 saturated carbocycles. The first-order valence-electron chi connectivity index (χ1n) is 7.59. The zero-order valence-electron chi connectivity index (χ0n) is 13.0. The van der Waals surface area contributed by atoms with Crippen LogP contribution in [0.15, 0.2) is 22.9 Å². The number of carbonyl (C=O) groups excluding carboxylic acids is 1. The van der Waals surface area contributed by atoms with Gasteiger partial charge >= 0.3 is 0 Å². The second-order valence-electron chi connectivity index (χ2n) is 5.69. The number of carbonyl (C=O) groups is 1. The third-order valence-electron chi connectivity index (χ3n) is 3.94. The second-order valence-corrected chi connectivity index (χ2v) is 5.69. The van der Waals surface area contributed by atoms with Gasteiger partial charge in [-0.25, -0.2) is 4.98 Å². The molecule has 0 radical (unpaired) electrons. The van der Waals surface area contributed by atoms with Crippen molar-refractivity contribution in [3.8, 4) is 0 Å². The number of aromatic nitrogens is 3. The maximum Gasteiger partial charge on any atom is 0.287 e. The van der Waals surface area contributed by atoms with Crippen LogP contribution in [-0.2, 0) is 13.6 Å². The van der Waals surface area contributed by atoms with Crippen LogP contribution in [0.25, 0.3) is 0 Å². The fourth-order valence-corrected chi connectivity index (χ4v) is 2.78. The first-order valence-corrected chi connectivity index (χ1v) is 7.59. The molecule has 1 atom stereocenters. The molecule has 1 aliphatic rings. The van der Waals surface area contributed by atoms with Gasteiger partial charge in [0.1, 0.15) is 17.9 Å². The van der Waals surface area contributed by atoms with E-state index < -0.39 is 0 Å². The maximum absolute atomic E-state index is 12.2. The highest BCUT2D eigenvalue weighted by Gasteiger charge is 2.19. The Morgan fingerprint density at radius 3 is 2.86 bits per heavy atom. The van der Waals surface area contributed by atoms with Gasteiger partial charge < -0.3 is 9.73 Å². The van der Waals surface area contributed by atoms with Crippen molar-refractivity contribution < 1.29 is 9.21 Å². The molecule has 1 N–H and O–H groups in total.